The van der Waals surface area contributed by atoms with E-state index in [4.69, 9.17) is 4.98 Å². The molecule has 6 heteroatoms. The zero-order valence-corrected chi connectivity index (χ0v) is 17.2. The predicted molar refractivity (Wildman–Crippen MR) is 108 cm³/mol. The summed E-state index contributed by atoms with van der Waals surface area (Å²) in [5, 5.41) is 4.61. The van der Waals surface area contributed by atoms with Gasteiger partial charge in [0.05, 0.1) is 23.3 Å². The monoisotopic (exact) mass is 370 g/mol. The summed E-state index contributed by atoms with van der Waals surface area (Å²) in [5.41, 5.74) is 5.39. The first-order valence-corrected chi connectivity index (χ1v) is 10.7. The van der Waals surface area contributed by atoms with E-state index in [1.54, 1.807) is 0 Å². The second-order valence-electron chi connectivity index (χ2n) is 8.22. The van der Waals surface area contributed by atoms with E-state index in [1.165, 1.54) is 54.9 Å². The van der Waals surface area contributed by atoms with Crippen LogP contribution in [0.2, 0.25) is 0 Å². The third-order valence-corrected chi connectivity index (χ3v) is 6.63. The Morgan fingerprint density at radius 3 is 2.70 bits per heavy atom. The highest BCUT2D eigenvalue weighted by Crippen LogP contribution is 2.42. The summed E-state index contributed by atoms with van der Waals surface area (Å²) in [6, 6.07) is 0. The van der Waals surface area contributed by atoms with Crippen molar-refractivity contribution in [3.05, 3.63) is 35.2 Å². The van der Waals surface area contributed by atoms with E-state index in [2.05, 4.69) is 51.5 Å². The van der Waals surface area contributed by atoms with Gasteiger partial charge in [0.25, 0.3) is 0 Å². The number of nitrogens with one attached hydrogen (secondary N) is 1. The van der Waals surface area contributed by atoms with E-state index < -0.39 is 0 Å². The van der Waals surface area contributed by atoms with Crippen molar-refractivity contribution in [1.82, 2.24) is 29.5 Å². The number of imidazole rings is 1. The van der Waals surface area contributed by atoms with Gasteiger partial charge in [-0.25, -0.2) is 4.98 Å². The molecule has 0 aromatic carbocycles. The van der Waals surface area contributed by atoms with Gasteiger partial charge in [-0.3, -0.25) is 14.5 Å². The lowest BCUT2D eigenvalue weighted by molar-refractivity contribution is 0.00261. The van der Waals surface area contributed by atoms with Crippen molar-refractivity contribution in [3.63, 3.8) is 0 Å². The van der Waals surface area contributed by atoms with Crippen LogP contribution in [-0.4, -0.2) is 55.7 Å². The fraction of sp³-hybridized carbons (Fsp3) is 0.714. The summed E-state index contributed by atoms with van der Waals surface area (Å²) in [4.78, 5) is 13.6. The maximum Gasteiger partial charge on any atom is 0.0926 e. The first-order chi connectivity index (χ1) is 13.2. The van der Waals surface area contributed by atoms with Gasteiger partial charge in [0, 0.05) is 56.6 Å². The molecule has 6 nitrogen and oxygen atoms in total. The number of aromatic nitrogens is 4. The van der Waals surface area contributed by atoms with Crippen LogP contribution in [0.15, 0.2) is 12.5 Å². The number of likely N-dealkylation sites (tertiary alicyclic amines) is 1. The van der Waals surface area contributed by atoms with Gasteiger partial charge in [-0.05, 0) is 39.7 Å². The number of hydrogen-bond acceptors (Lipinski definition) is 4. The molecule has 2 aromatic heterocycles. The third-order valence-electron chi connectivity index (χ3n) is 6.63. The predicted octanol–water partition coefficient (Wildman–Crippen LogP) is 3.08. The molecule has 1 N–H and O–H groups in total. The van der Waals surface area contributed by atoms with Crippen molar-refractivity contribution in [2.75, 3.05) is 26.2 Å². The zero-order valence-electron chi connectivity index (χ0n) is 17.2. The fourth-order valence-corrected chi connectivity index (χ4v) is 4.95. The second kappa shape index (κ2) is 7.76. The molecular formula is C21H34N6. The molecule has 1 spiro atoms. The van der Waals surface area contributed by atoms with Gasteiger partial charge in [0.2, 0.25) is 0 Å². The molecular weight excluding hydrogens is 336 g/mol. The smallest absolute Gasteiger partial charge is 0.0926 e. The highest BCUT2D eigenvalue weighted by molar-refractivity contribution is 5.27. The fourth-order valence-electron chi connectivity index (χ4n) is 4.95. The minimum atomic E-state index is 0.141. The van der Waals surface area contributed by atoms with Crippen LogP contribution in [0.3, 0.4) is 0 Å². The number of aryl methyl sites for hydroxylation is 2. The van der Waals surface area contributed by atoms with Gasteiger partial charge in [0.1, 0.15) is 0 Å². The van der Waals surface area contributed by atoms with Crippen molar-refractivity contribution in [1.29, 1.82) is 0 Å². The third kappa shape index (κ3) is 3.45. The molecule has 2 aliphatic rings. The Bertz CT molecular complexity index is 753. The minimum Gasteiger partial charge on any atom is -0.348 e. The van der Waals surface area contributed by atoms with Crippen molar-refractivity contribution in [2.45, 2.75) is 71.5 Å². The van der Waals surface area contributed by atoms with E-state index in [0.29, 0.717) is 0 Å². The first-order valence-electron chi connectivity index (χ1n) is 10.7. The molecule has 2 aliphatic heterocycles. The second-order valence-corrected chi connectivity index (χ2v) is 8.22. The van der Waals surface area contributed by atoms with E-state index >= 15 is 0 Å². The SMILES string of the molecule is CCCCN1CCc2[nH]cnc2C12CCN(Cc1cn(CC)nc1C)CC2. The number of unbranched alkanes of at least 4 members (excludes halogenated alkanes) is 1. The lowest BCUT2D eigenvalue weighted by Crippen LogP contribution is -2.56. The molecule has 4 heterocycles. The van der Waals surface area contributed by atoms with Crippen LogP contribution in [0.1, 0.15) is 62.2 Å². The Labute approximate surface area is 163 Å². The van der Waals surface area contributed by atoms with E-state index in [-0.39, 0.29) is 5.54 Å². The molecule has 0 amide bonds. The van der Waals surface area contributed by atoms with Crippen LogP contribution in [0, 0.1) is 6.92 Å². The summed E-state index contributed by atoms with van der Waals surface area (Å²) in [6.45, 7) is 13.2. The van der Waals surface area contributed by atoms with Crippen LogP contribution in [-0.2, 0) is 25.0 Å². The van der Waals surface area contributed by atoms with Crippen molar-refractivity contribution < 1.29 is 0 Å². The molecule has 1 fully saturated rings. The summed E-state index contributed by atoms with van der Waals surface area (Å²) in [5.74, 6) is 0. The highest BCUT2D eigenvalue weighted by Gasteiger charge is 2.46. The Balaban J connectivity index is 1.49. The number of rotatable bonds is 6. The number of H-pyrrole nitrogens is 1. The van der Waals surface area contributed by atoms with Gasteiger partial charge < -0.3 is 4.98 Å². The van der Waals surface area contributed by atoms with Crippen LogP contribution in [0.25, 0.3) is 0 Å². The minimum absolute atomic E-state index is 0.141. The van der Waals surface area contributed by atoms with Crippen LogP contribution < -0.4 is 0 Å². The van der Waals surface area contributed by atoms with Gasteiger partial charge >= 0.3 is 0 Å². The quantitative estimate of drug-likeness (QED) is 0.849. The van der Waals surface area contributed by atoms with Gasteiger partial charge in [-0.2, -0.15) is 5.10 Å². The Kier molecular flexibility index (Phi) is 5.37. The van der Waals surface area contributed by atoms with Crippen molar-refractivity contribution >= 4 is 0 Å². The van der Waals surface area contributed by atoms with Crippen LogP contribution in [0.5, 0.6) is 0 Å². The number of hydrogen-bond donors (Lipinski definition) is 1. The van der Waals surface area contributed by atoms with Crippen molar-refractivity contribution in [2.24, 2.45) is 0 Å². The van der Waals surface area contributed by atoms with Gasteiger partial charge in [-0.1, -0.05) is 13.3 Å². The molecule has 2 aromatic rings. The topological polar surface area (TPSA) is 53.0 Å². The summed E-state index contributed by atoms with van der Waals surface area (Å²) in [7, 11) is 0. The van der Waals surface area contributed by atoms with Crippen LogP contribution in [0.4, 0.5) is 0 Å². The first kappa shape index (κ1) is 18.7. The lowest BCUT2D eigenvalue weighted by atomic mass is 9.78. The highest BCUT2D eigenvalue weighted by atomic mass is 15.3. The maximum atomic E-state index is 4.80. The Hall–Kier alpha value is -1.66. The lowest BCUT2D eigenvalue weighted by Gasteiger charge is -2.50. The number of fused-ring (bicyclic) bond motifs is 2. The van der Waals surface area contributed by atoms with Gasteiger partial charge in [-0.15, -0.1) is 0 Å². The maximum absolute atomic E-state index is 4.80. The average molecular weight is 371 g/mol. The number of aromatic amines is 1. The molecule has 148 valence electrons. The standard InChI is InChI=1S/C21H34N6/c1-4-6-10-26-11-7-19-20(23-16-22-19)21(26)8-12-25(13-9-21)14-18-15-27(5-2)24-17(18)3/h15-16H,4-14H2,1-3H3,(H,22,23). The van der Waals surface area contributed by atoms with E-state index in [1.807, 2.05) is 6.33 Å². The zero-order chi connectivity index (χ0) is 18.9. The summed E-state index contributed by atoms with van der Waals surface area (Å²) < 4.78 is 2.06. The molecule has 0 atom stereocenters. The molecule has 27 heavy (non-hydrogen) atoms. The summed E-state index contributed by atoms with van der Waals surface area (Å²) >= 11 is 0. The number of nitrogens with zero attached hydrogens (tertiary/aromatic N) is 5. The molecule has 4 rings (SSSR count). The summed E-state index contributed by atoms with van der Waals surface area (Å²) in [6.07, 6.45) is 10.1. The Morgan fingerprint density at radius 2 is 2.00 bits per heavy atom. The molecule has 0 saturated carbocycles. The molecule has 0 unspecified atom stereocenters. The average Bonchev–Trinajstić information content (AvgIpc) is 3.30. The molecule has 0 radical (unpaired) electrons. The largest absolute Gasteiger partial charge is 0.348 e. The Morgan fingerprint density at radius 1 is 1.19 bits per heavy atom. The van der Waals surface area contributed by atoms with E-state index in [0.717, 1.165) is 39.1 Å². The normalized spacial score (nSPS) is 20.3. The van der Waals surface area contributed by atoms with E-state index in [9.17, 15) is 0 Å². The van der Waals surface area contributed by atoms with Gasteiger partial charge in [0.15, 0.2) is 0 Å². The van der Waals surface area contributed by atoms with Crippen molar-refractivity contribution in [3.8, 4) is 0 Å². The van der Waals surface area contributed by atoms with Crippen LogP contribution >= 0.6 is 0 Å². The number of piperidine rings is 1. The molecule has 0 bridgehead atoms. The molecule has 1 saturated heterocycles. The molecule has 0 aliphatic carbocycles.